The van der Waals surface area contributed by atoms with Gasteiger partial charge in [0.25, 0.3) is 0 Å². The Bertz CT molecular complexity index is 519. The highest BCUT2D eigenvalue weighted by Gasteiger charge is 2.15. The van der Waals surface area contributed by atoms with Gasteiger partial charge in [-0.1, -0.05) is 0 Å². The van der Waals surface area contributed by atoms with Crippen LogP contribution in [0.5, 0.6) is 0 Å². The molecule has 0 bridgehead atoms. The van der Waals surface area contributed by atoms with E-state index in [4.69, 9.17) is 5.73 Å². The van der Waals surface area contributed by atoms with Gasteiger partial charge in [0.05, 0.1) is 11.8 Å². The molecule has 8 heteroatoms. The van der Waals surface area contributed by atoms with Crippen LogP contribution in [0.1, 0.15) is 6.42 Å². The van der Waals surface area contributed by atoms with Crippen molar-refractivity contribution in [3.63, 3.8) is 0 Å². The molecule has 108 valence electrons. The SMILES string of the molecule is CS(=O)(=O)CCC(N)C(=O)Nc1ccc(I)cc1.Cl. The highest BCUT2D eigenvalue weighted by Crippen LogP contribution is 2.11. The second-order valence-corrected chi connectivity index (χ2v) is 7.53. The number of benzene rings is 1. The zero-order valence-electron chi connectivity index (χ0n) is 10.3. The molecule has 0 radical (unpaired) electrons. The Labute approximate surface area is 132 Å². The number of halogens is 2. The van der Waals surface area contributed by atoms with Gasteiger partial charge in [-0.2, -0.15) is 0 Å². The van der Waals surface area contributed by atoms with Gasteiger partial charge >= 0.3 is 0 Å². The highest BCUT2D eigenvalue weighted by molar-refractivity contribution is 14.1. The number of amides is 1. The molecule has 0 fully saturated rings. The van der Waals surface area contributed by atoms with Crippen LogP contribution in [0.4, 0.5) is 5.69 Å². The molecule has 1 aromatic rings. The summed E-state index contributed by atoms with van der Waals surface area (Å²) in [4.78, 5) is 11.7. The minimum Gasteiger partial charge on any atom is -0.325 e. The van der Waals surface area contributed by atoms with E-state index in [-0.39, 0.29) is 30.5 Å². The Hall–Kier alpha value is -0.380. The van der Waals surface area contributed by atoms with E-state index < -0.39 is 15.9 Å². The predicted molar refractivity (Wildman–Crippen MR) is 87.3 cm³/mol. The van der Waals surface area contributed by atoms with Crippen LogP contribution in [-0.2, 0) is 14.6 Å². The van der Waals surface area contributed by atoms with Crippen molar-refractivity contribution in [2.75, 3.05) is 17.3 Å². The lowest BCUT2D eigenvalue weighted by atomic mass is 10.2. The van der Waals surface area contributed by atoms with E-state index in [1.54, 1.807) is 12.1 Å². The van der Waals surface area contributed by atoms with Crippen molar-refractivity contribution in [1.29, 1.82) is 0 Å². The molecule has 0 aliphatic carbocycles. The summed E-state index contributed by atoms with van der Waals surface area (Å²) in [5.41, 5.74) is 6.27. The monoisotopic (exact) mass is 418 g/mol. The maximum absolute atomic E-state index is 11.7. The van der Waals surface area contributed by atoms with Gasteiger partial charge in [-0.15, -0.1) is 12.4 Å². The Morgan fingerprint density at radius 1 is 1.37 bits per heavy atom. The van der Waals surface area contributed by atoms with Crippen molar-refractivity contribution >= 4 is 56.4 Å². The standard InChI is InChI=1S/C11H15IN2O3S.ClH/c1-18(16,17)7-6-10(13)11(15)14-9-4-2-8(12)3-5-9;/h2-5,10H,6-7,13H2,1H3,(H,14,15);1H. The van der Waals surface area contributed by atoms with Crippen molar-refractivity contribution < 1.29 is 13.2 Å². The molecule has 0 aliphatic heterocycles. The summed E-state index contributed by atoms with van der Waals surface area (Å²) in [5.74, 6) is -0.464. The molecule has 1 aromatic carbocycles. The van der Waals surface area contributed by atoms with E-state index >= 15 is 0 Å². The van der Waals surface area contributed by atoms with Crippen molar-refractivity contribution in [1.82, 2.24) is 0 Å². The number of rotatable bonds is 5. The number of nitrogens with one attached hydrogen (secondary N) is 1. The third-order valence-electron chi connectivity index (χ3n) is 2.25. The Morgan fingerprint density at radius 2 is 1.89 bits per heavy atom. The number of carbonyl (C=O) groups is 1. The van der Waals surface area contributed by atoms with Crippen LogP contribution >= 0.6 is 35.0 Å². The molecule has 0 aromatic heterocycles. The number of carbonyl (C=O) groups excluding carboxylic acids is 1. The lowest BCUT2D eigenvalue weighted by Crippen LogP contribution is -2.37. The molecule has 1 amide bonds. The van der Waals surface area contributed by atoms with Gasteiger partial charge in [-0.25, -0.2) is 8.42 Å². The van der Waals surface area contributed by atoms with E-state index in [0.29, 0.717) is 5.69 Å². The molecule has 5 nitrogen and oxygen atoms in total. The summed E-state index contributed by atoms with van der Waals surface area (Å²) in [7, 11) is -3.09. The summed E-state index contributed by atoms with van der Waals surface area (Å²) >= 11 is 2.16. The predicted octanol–water partition coefficient (Wildman–Crippen LogP) is 1.41. The molecule has 0 spiro atoms. The normalized spacial score (nSPS) is 12.4. The first-order valence-electron chi connectivity index (χ1n) is 5.27. The number of anilines is 1. The fourth-order valence-corrected chi connectivity index (χ4v) is 2.28. The second kappa shape index (κ2) is 8.03. The van der Waals surface area contributed by atoms with Crippen molar-refractivity contribution in [2.24, 2.45) is 5.73 Å². The zero-order chi connectivity index (χ0) is 13.8. The van der Waals surface area contributed by atoms with Crippen molar-refractivity contribution in [3.8, 4) is 0 Å². The van der Waals surface area contributed by atoms with Gasteiger partial charge in [0, 0.05) is 15.5 Å². The van der Waals surface area contributed by atoms with Crippen LogP contribution in [-0.4, -0.2) is 32.4 Å². The second-order valence-electron chi connectivity index (χ2n) is 4.02. The van der Waals surface area contributed by atoms with Crippen LogP contribution in [0, 0.1) is 3.57 Å². The largest absolute Gasteiger partial charge is 0.325 e. The number of hydrogen-bond donors (Lipinski definition) is 2. The van der Waals surface area contributed by atoms with Crippen molar-refractivity contribution in [3.05, 3.63) is 27.8 Å². The smallest absolute Gasteiger partial charge is 0.241 e. The topological polar surface area (TPSA) is 89.3 Å². The molecule has 3 N–H and O–H groups in total. The average molecular weight is 419 g/mol. The highest BCUT2D eigenvalue weighted by atomic mass is 127. The summed E-state index contributed by atoms with van der Waals surface area (Å²) in [6, 6.07) is 6.43. The van der Waals surface area contributed by atoms with E-state index in [2.05, 4.69) is 27.9 Å². The molecule has 1 atom stereocenters. The van der Waals surface area contributed by atoms with Crippen molar-refractivity contribution in [2.45, 2.75) is 12.5 Å². The van der Waals surface area contributed by atoms with Crippen LogP contribution in [0.25, 0.3) is 0 Å². The first-order valence-corrected chi connectivity index (χ1v) is 8.41. The quantitative estimate of drug-likeness (QED) is 0.708. The van der Waals surface area contributed by atoms with Crippen LogP contribution < -0.4 is 11.1 Å². The molecule has 1 rings (SSSR count). The van der Waals surface area contributed by atoms with Crippen LogP contribution in [0.3, 0.4) is 0 Å². The minimum atomic E-state index is -3.09. The minimum absolute atomic E-state index is 0. The number of nitrogens with two attached hydrogens (primary N) is 1. The fourth-order valence-electron chi connectivity index (χ4n) is 1.24. The third-order valence-corrected chi connectivity index (χ3v) is 3.94. The first-order chi connectivity index (χ1) is 8.28. The third kappa shape index (κ3) is 7.71. The van der Waals surface area contributed by atoms with Crippen LogP contribution in [0.15, 0.2) is 24.3 Å². The summed E-state index contributed by atoms with van der Waals surface area (Å²) in [6.45, 7) is 0. The fraction of sp³-hybridized carbons (Fsp3) is 0.364. The molecule has 0 aliphatic rings. The summed E-state index contributed by atoms with van der Waals surface area (Å²) < 4.78 is 23.0. The maximum atomic E-state index is 11.7. The Morgan fingerprint density at radius 3 is 2.37 bits per heavy atom. The van der Waals surface area contributed by atoms with E-state index in [9.17, 15) is 13.2 Å². The Kier molecular flexibility index (Phi) is 7.87. The molecule has 0 saturated heterocycles. The molecule has 19 heavy (non-hydrogen) atoms. The van der Waals surface area contributed by atoms with Gasteiger partial charge in [0.1, 0.15) is 9.84 Å². The maximum Gasteiger partial charge on any atom is 0.241 e. The van der Waals surface area contributed by atoms with Gasteiger partial charge in [-0.3, -0.25) is 4.79 Å². The van der Waals surface area contributed by atoms with Crippen LogP contribution in [0.2, 0.25) is 0 Å². The zero-order valence-corrected chi connectivity index (χ0v) is 14.1. The molecule has 1 unspecified atom stereocenters. The molecule has 0 saturated carbocycles. The van der Waals surface area contributed by atoms with E-state index in [1.165, 1.54) is 0 Å². The number of hydrogen-bond acceptors (Lipinski definition) is 4. The summed E-state index contributed by atoms with van der Waals surface area (Å²) in [6.07, 6.45) is 1.24. The Balaban J connectivity index is 0.00000324. The van der Waals surface area contributed by atoms with Gasteiger partial charge in [0.2, 0.25) is 5.91 Å². The number of sulfone groups is 1. The average Bonchev–Trinajstić information content (AvgIpc) is 2.28. The van der Waals surface area contributed by atoms with E-state index in [1.807, 2.05) is 12.1 Å². The molecule has 0 heterocycles. The van der Waals surface area contributed by atoms with Gasteiger partial charge in [-0.05, 0) is 53.3 Å². The first kappa shape index (κ1) is 18.6. The van der Waals surface area contributed by atoms with Gasteiger partial charge in [0.15, 0.2) is 0 Å². The van der Waals surface area contributed by atoms with Gasteiger partial charge < -0.3 is 11.1 Å². The van der Waals surface area contributed by atoms with E-state index in [0.717, 1.165) is 9.83 Å². The summed E-state index contributed by atoms with van der Waals surface area (Å²) in [5, 5.41) is 2.64. The molecular weight excluding hydrogens is 403 g/mol. The lowest BCUT2D eigenvalue weighted by molar-refractivity contribution is -0.117. The molecular formula is C11H16ClIN2O3S. The lowest BCUT2D eigenvalue weighted by Gasteiger charge is -2.11.